The molecule has 1 atom stereocenters. The van der Waals surface area contributed by atoms with Gasteiger partial charge in [0.15, 0.2) is 0 Å². The molecule has 2 N–H and O–H groups in total. The first kappa shape index (κ1) is 13.0. The van der Waals surface area contributed by atoms with E-state index in [1.165, 1.54) is 6.07 Å². The Morgan fingerprint density at radius 1 is 1.23 bits per heavy atom. The van der Waals surface area contributed by atoms with Gasteiger partial charge in [0, 0.05) is 0 Å². The number of benzene rings is 2. The first-order valence-electron chi connectivity index (χ1n) is 7.24. The molecule has 0 amide bonds. The van der Waals surface area contributed by atoms with Crippen LogP contribution in [-0.2, 0) is 6.42 Å². The molecular weight excluding hydrogens is 281 g/mol. The van der Waals surface area contributed by atoms with Crippen molar-refractivity contribution in [3.05, 3.63) is 69.8 Å². The number of fused-ring (bicyclic) bond motifs is 2. The van der Waals surface area contributed by atoms with Crippen molar-refractivity contribution in [2.24, 2.45) is 0 Å². The van der Waals surface area contributed by atoms with Crippen molar-refractivity contribution in [2.45, 2.75) is 18.9 Å². The molecule has 0 spiro atoms. The number of aryl methyl sites for hydroxylation is 1. The maximum absolute atomic E-state index is 13.4. The molecule has 0 bridgehead atoms. The third-order valence-corrected chi connectivity index (χ3v) is 4.11. The van der Waals surface area contributed by atoms with Crippen molar-refractivity contribution >= 4 is 16.9 Å². The van der Waals surface area contributed by atoms with Gasteiger partial charge >= 0.3 is 0 Å². The number of hydrogen-bond acceptors (Lipinski definition) is 3. The summed E-state index contributed by atoms with van der Waals surface area (Å²) in [6.07, 6.45) is 1.75. The molecule has 1 aliphatic carbocycles. The number of nitrogens with one attached hydrogen (secondary N) is 2. The maximum atomic E-state index is 13.4. The number of aromatic amines is 1. The second kappa shape index (κ2) is 4.94. The number of aromatic nitrogens is 2. The molecule has 2 aromatic carbocycles. The number of nitrogens with zero attached hydrogens (tertiary/aromatic N) is 1. The predicted octanol–water partition coefficient (Wildman–Crippen LogP) is 3.16. The van der Waals surface area contributed by atoms with Crippen molar-refractivity contribution in [3.8, 4) is 0 Å². The van der Waals surface area contributed by atoms with Gasteiger partial charge < -0.3 is 5.32 Å². The number of H-pyrrole nitrogens is 1. The molecule has 4 rings (SSSR count). The van der Waals surface area contributed by atoms with Crippen molar-refractivity contribution in [1.29, 1.82) is 0 Å². The summed E-state index contributed by atoms with van der Waals surface area (Å²) in [5.41, 5.74) is 2.55. The molecule has 1 aliphatic rings. The third kappa shape index (κ3) is 2.15. The van der Waals surface area contributed by atoms with Crippen LogP contribution in [0.5, 0.6) is 0 Å². The topological polar surface area (TPSA) is 57.8 Å². The Balaban J connectivity index is 1.71. The standard InChI is InChI=1S/C17H14FN3O/c18-11-7-5-10-6-8-15(13(10)9-11)20-17-19-14-4-2-1-3-12(14)16(22)21-17/h1-5,7,9,15H,6,8H2,(H2,19,20,21,22). The van der Waals surface area contributed by atoms with E-state index in [-0.39, 0.29) is 17.4 Å². The molecule has 0 radical (unpaired) electrons. The lowest BCUT2D eigenvalue weighted by molar-refractivity contribution is 0.623. The lowest BCUT2D eigenvalue weighted by atomic mass is 10.1. The minimum Gasteiger partial charge on any atom is -0.349 e. The Bertz CT molecular complexity index is 919. The summed E-state index contributed by atoms with van der Waals surface area (Å²) in [7, 11) is 0. The lowest BCUT2D eigenvalue weighted by Gasteiger charge is -2.14. The van der Waals surface area contributed by atoms with E-state index < -0.39 is 0 Å². The second-order valence-corrected chi connectivity index (χ2v) is 5.51. The van der Waals surface area contributed by atoms with E-state index >= 15 is 0 Å². The Kier molecular flexibility index (Phi) is 2.92. The number of halogens is 1. The van der Waals surface area contributed by atoms with Crippen LogP contribution in [0.1, 0.15) is 23.6 Å². The molecule has 0 saturated carbocycles. The van der Waals surface area contributed by atoms with Gasteiger partial charge in [0.1, 0.15) is 5.82 Å². The van der Waals surface area contributed by atoms with E-state index in [0.29, 0.717) is 16.9 Å². The van der Waals surface area contributed by atoms with Crippen molar-refractivity contribution in [1.82, 2.24) is 9.97 Å². The minimum atomic E-state index is -0.243. The van der Waals surface area contributed by atoms with Crippen LogP contribution in [0.25, 0.3) is 10.9 Å². The van der Waals surface area contributed by atoms with E-state index in [2.05, 4.69) is 15.3 Å². The molecule has 0 aliphatic heterocycles. The fourth-order valence-electron chi connectivity index (χ4n) is 3.04. The van der Waals surface area contributed by atoms with Gasteiger partial charge in [0.25, 0.3) is 5.56 Å². The highest BCUT2D eigenvalue weighted by molar-refractivity contribution is 5.78. The monoisotopic (exact) mass is 295 g/mol. The highest BCUT2D eigenvalue weighted by Crippen LogP contribution is 2.33. The molecular formula is C17H14FN3O. The van der Waals surface area contributed by atoms with Crippen LogP contribution in [-0.4, -0.2) is 9.97 Å². The normalized spacial score (nSPS) is 16.7. The van der Waals surface area contributed by atoms with E-state index in [4.69, 9.17) is 0 Å². The molecule has 3 aromatic rings. The molecule has 1 heterocycles. The molecule has 0 fully saturated rings. The molecule has 1 unspecified atom stereocenters. The average molecular weight is 295 g/mol. The van der Waals surface area contributed by atoms with E-state index in [1.807, 2.05) is 18.2 Å². The van der Waals surface area contributed by atoms with Crippen LogP contribution >= 0.6 is 0 Å². The van der Waals surface area contributed by atoms with Gasteiger partial charge in [0.05, 0.1) is 16.9 Å². The van der Waals surface area contributed by atoms with Crippen LogP contribution in [0.15, 0.2) is 47.3 Å². The second-order valence-electron chi connectivity index (χ2n) is 5.51. The van der Waals surface area contributed by atoms with Gasteiger partial charge in [-0.15, -0.1) is 0 Å². The highest BCUT2D eigenvalue weighted by atomic mass is 19.1. The zero-order chi connectivity index (χ0) is 15.1. The lowest BCUT2D eigenvalue weighted by Crippen LogP contribution is -2.16. The van der Waals surface area contributed by atoms with Crippen LogP contribution in [0.4, 0.5) is 10.3 Å². The zero-order valence-corrected chi connectivity index (χ0v) is 11.8. The summed E-state index contributed by atoms with van der Waals surface area (Å²) >= 11 is 0. The number of para-hydroxylation sites is 1. The van der Waals surface area contributed by atoms with Gasteiger partial charge in [-0.05, 0) is 48.2 Å². The molecule has 4 nitrogen and oxygen atoms in total. The van der Waals surface area contributed by atoms with E-state index in [0.717, 1.165) is 24.0 Å². The summed E-state index contributed by atoms with van der Waals surface area (Å²) in [5.74, 6) is 0.179. The van der Waals surface area contributed by atoms with Gasteiger partial charge in [-0.3, -0.25) is 9.78 Å². The van der Waals surface area contributed by atoms with Gasteiger partial charge in [-0.1, -0.05) is 18.2 Å². The zero-order valence-electron chi connectivity index (χ0n) is 11.8. The third-order valence-electron chi connectivity index (χ3n) is 4.11. The fraction of sp³-hybridized carbons (Fsp3) is 0.176. The van der Waals surface area contributed by atoms with Crippen LogP contribution in [0.3, 0.4) is 0 Å². The van der Waals surface area contributed by atoms with Crippen LogP contribution < -0.4 is 10.9 Å². The van der Waals surface area contributed by atoms with Crippen LogP contribution in [0.2, 0.25) is 0 Å². The molecule has 1 aromatic heterocycles. The molecule has 0 saturated heterocycles. The van der Waals surface area contributed by atoms with Crippen molar-refractivity contribution < 1.29 is 4.39 Å². The van der Waals surface area contributed by atoms with Gasteiger partial charge in [-0.2, -0.15) is 0 Å². The number of anilines is 1. The van der Waals surface area contributed by atoms with Gasteiger partial charge in [-0.25, -0.2) is 9.37 Å². The molecule has 110 valence electrons. The van der Waals surface area contributed by atoms with E-state index in [1.54, 1.807) is 18.2 Å². The number of rotatable bonds is 2. The summed E-state index contributed by atoms with van der Waals surface area (Å²) in [5, 5.41) is 3.78. The smallest absolute Gasteiger partial charge is 0.260 e. The Hall–Kier alpha value is -2.69. The molecule has 5 heteroatoms. The summed E-state index contributed by atoms with van der Waals surface area (Å²) in [6, 6.07) is 12.0. The van der Waals surface area contributed by atoms with Crippen molar-refractivity contribution in [2.75, 3.05) is 5.32 Å². The van der Waals surface area contributed by atoms with Crippen LogP contribution in [0, 0.1) is 5.82 Å². The first-order valence-corrected chi connectivity index (χ1v) is 7.24. The van der Waals surface area contributed by atoms with Gasteiger partial charge in [0.2, 0.25) is 5.95 Å². The maximum Gasteiger partial charge on any atom is 0.260 e. The first-order chi connectivity index (χ1) is 10.7. The quantitative estimate of drug-likeness (QED) is 0.763. The average Bonchev–Trinajstić information content (AvgIpc) is 2.90. The summed E-state index contributed by atoms with van der Waals surface area (Å²) in [6.45, 7) is 0. The SMILES string of the molecule is O=c1[nH]c(NC2CCc3ccc(F)cc32)nc2ccccc12. The Morgan fingerprint density at radius 3 is 3.00 bits per heavy atom. The summed E-state index contributed by atoms with van der Waals surface area (Å²) in [4.78, 5) is 19.3. The summed E-state index contributed by atoms with van der Waals surface area (Å²) < 4.78 is 13.4. The van der Waals surface area contributed by atoms with Crippen molar-refractivity contribution in [3.63, 3.8) is 0 Å². The number of hydrogen-bond donors (Lipinski definition) is 2. The minimum absolute atomic E-state index is 0.0324. The largest absolute Gasteiger partial charge is 0.349 e. The Labute approximate surface area is 126 Å². The highest BCUT2D eigenvalue weighted by Gasteiger charge is 2.23. The van der Waals surface area contributed by atoms with E-state index in [9.17, 15) is 9.18 Å². The predicted molar refractivity (Wildman–Crippen MR) is 83.4 cm³/mol. The molecule has 22 heavy (non-hydrogen) atoms. The Morgan fingerprint density at radius 2 is 2.09 bits per heavy atom. The fourth-order valence-corrected chi connectivity index (χ4v) is 3.04.